The summed E-state index contributed by atoms with van der Waals surface area (Å²) in [4.78, 5) is 4.44. The lowest BCUT2D eigenvalue weighted by molar-refractivity contribution is 0.152. The standard InChI is InChI=1S/C15H25N3O3S.HI/c1-3-21-12-11-18-15(16-2)17-10-7-13-22(19,20)14-8-5-4-6-9-14;/h4-6,8-9H,3,7,10-13H2,1-2H3,(H2,16,17,18);1H. The molecule has 0 aromatic heterocycles. The van der Waals surface area contributed by atoms with E-state index in [4.69, 9.17) is 4.74 Å². The number of hydrogen-bond acceptors (Lipinski definition) is 4. The lowest BCUT2D eigenvalue weighted by Crippen LogP contribution is -2.39. The van der Waals surface area contributed by atoms with Crippen LogP contribution >= 0.6 is 24.0 Å². The molecule has 0 atom stereocenters. The summed E-state index contributed by atoms with van der Waals surface area (Å²) in [6.45, 7) is 4.45. The van der Waals surface area contributed by atoms with Gasteiger partial charge < -0.3 is 15.4 Å². The molecule has 0 bridgehead atoms. The topological polar surface area (TPSA) is 79.8 Å². The largest absolute Gasteiger partial charge is 0.380 e. The molecular formula is C15H26IN3O3S. The van der Waals surface area contributed by atoms with E-state index in [0.717, 1.165) is 0 Å². The van der Waals surface area contributed by atoms with Crippen molar-refractivity contribution in [2.24, 2.45) is 4.99 Å². The number of aliphatic imine (C=N–C) groups is 1. The number of sulfone groups is 1. The highest BCUT2D eigenvalue weighted by Crippen LogP contribution is 2.10. The van der Waals surface area contributed by atoms with Gasteiger partial charge in [-0.1, -0.05) is 18.2 Å². The molecule has 0 spiro atoms. The Morgan fingerprint density at radius 2 is 1.83 bits per heavy atom. The van der Waals surface area contributed by atoms with Crippen molar-refractivity contribution in [3.8, 4) is 0 Å². The van der Waals surface area contributed by atoms with Crippen molar-refractivity contribution in [1.29, 1.82) is 0 Å². The maximum Gasteiger partial charge on any atom is 0.191 e. The normalized spacial score (nSPS) is 11.7. The third-order valence-electron chi connectivity index (χ3n) is 2.95. The van der Waals surface area contributed by atoms with Crippen LogP contribution in [0.25, 0.3) is 0 Å². The highest BCUT2D eigenvalue weighted by Gasteiger charge is 2.12. The van der Waals surface area contributed by atoms with Crippen molar-refractivity contribution in [3.63, 3.8) is 0 Å². The molecule has 1 rings (SSSR count). The first-order chi connectivity index (χ1) is 10.6. The molecule has 23 heavy (non-hydrogen) atoms. The van der Waals surface area contributed by atoms with E-state index in [-0.39, 0.29) is 29.7 Å². The molecule has 1 aromatic rings. The predicted octanol–water partition coefficient (Wildman–Crippen LogP) is 1.67. The molecule has 6 nitrogen and oxygen atoms in total. The third kappa shape index (κ3) is 9.11. The summed E-state index contributed by atoms with van der Waals surface area (Å²) in [5.41, 5.74) is 0. The summed E-state index contributed by atoms with van der Waals surface area (Å²) in [6.07, 6.45) is 0.517. The van der Waals surface area contributed by atoms with Crippen molar-refractivity contribution in [2.75, 3.05) is 39.1 Å². The maximum atomic E-state index is 12.1. The highest BCUT2D eigenvalue weighted by molar-refractivity contribution is 14.0. The van der Waals surface area contributed by atoms with E-state index in [1.165, 1.54) is 0 Å². The van der Waals surface area contributed by atoms with Gasteiger partial charge in [0.15, 0.2) is 15.8 Å². The number of nitrogens with zero attached hydrogens (tertiary/aromatic N) is 1. The first-order valence-corrected chi connectivity index (χ1v) is 9.05. The third-order valence-corrected chi connectivity index (χ3v) is 4.77. The van der Waals surface area contributed by atoms with Crippen LogP contribution in [0.4, 0.5) is 0 Å². The zero-order valence-electron chi connectivity index (χ0n) is 13.6. The quantitative estimate of drug-likeness (QED) is 0.256. The van der Waals surface area contributed by atoms with Gasteiger partial charge in [-0.05, 0) is 25.5 Å². The van der Waals surface area contributed by atoms with Gasteiger partial charge in [0, 0.05) is 26.7 Å². The molecule has 0 amide bonds. The molecular weight excluding hydrogens is 429 g/mol. The molecule has 0 fully saturated rings. The molecule has 0 aliphatic heterocycles. The van der Waals surface area contributed by atoms with Gasteiger partial charge in [0.05, 0.1) is 17.3 Å². The summed E-state index contributed by atoms with van der Waals surface area (Å²) in [5, 5.41) is 6.19. The van der Waals surface area contributed by atoms with Gasteiger partial charge in [-0.25, -0.2) is 8.42 Å². The van der Waals surface area contributed by atoms with E-state index in [1.807, 2.05) is 6.92 Å². The molecule has 1 aromatic carbocycles. The Kier molecular flexibility index (Phi) is 12.1. The Hall–Kier alpha value is -0.870. The number of benzene rings is 1. The van der Waals surface area contributed by atoms with Gasteiger partial charge in [0.1, 0.15) is 0 Å². The number of rotatable bonds is 9. The lowest BCUT2D eigenvalue weighted by Gasteiger charge is -2.11. The molecule has 132 valence electrons. The minimum absolute atomic E-state index is 0. The van der Waals surface area contributed by atoms with Crippen LogP contribution < -0.4 is 10.6 Å². The highest BCUT2D eigenvalue weighted by atomic mass is 127. The molecule has 0 heterocycles. The van der Waals surface area contributed by atoms with E-state index < -0.39 is 9.84 Å². The van der Waals surface area contributed by atoms with Crippen LogP contribution in [0.1, 0.15) is 13.3 Å². The zero-order valence-corrected chi connectivity index (χ0v) is 16.8. The SMILES string of the molecule is CCOCCNC(=NC)NCCCS(=O)(=O)c1ccccc1.I. The summed E-state index contributed by atoms with van der Waals surface area (Å²) in [6, 6.07) is 8.51. The van der Waals surface area contributed by atoms with E-state index >= 15 is 0 Å². The van der Waals surface area contributed by atoms with Gasteiger partial charge in [-0.2, -0.15) is 0 Å². The second kappa shape index (κ2) is 12.5. The van der Waals surface area contributed by atoms with Crippen molar-refractivity contribution < 1.29 is 13.2 Å². The minimum atomic E-state index is -3.21. The van der Waals surface area contributed by atoms with Crippen molar-refractivity contribution in [2.45, 2.75) is 18.2 Å². The van der Waals surface area contributed by atoms with Crippen LogP contribution in [0.2, 0.25) is 0 Å². The monoisotopic (exact) mass is 455 g/mol. The Bertz CT molecular complexity index is 550. The number of halogens is 1. The summed E-state index contributed by atoms with van der Waals surface area (Å²) >= 11 is 0. The Morgan fingerprint density at radius 1 is 1.17 bits per heavy atom. The minimum Gasteiger partial charge on any atom is -0.380 e. The van der Waals surface area contributed by atoms with Crippen molar-refractivity contribution in [1.82, 2.24) is 10.6 Å². The van der Waals surface area contributed by atoms with E-state index in [1.54, 1.807) is 37.4 Å². The second-order valence-corrected chi connectivity index (χ2v) is 6.72. The van der Waals surface area contributed by atoms with Gasteiger partial charge >= 0.3 is 0 Å². The molecule has 8 heteroatoms. The number of hydrogen-bond donors (Lipinski definition) is 2. The molecule has 0 unspecified atom stereocenters. The van der Waals surface area contributed by atoms with E-state index in [2.05, 4.69) is 15.6 Å². The fraction of sp³-hybridized carbons (Fsp3) is 0.533. The predicted molar refractivity (Wildman–Crippen MR) is 104 cm³/mol. The van der Waals surface area contributed by atoms with Gasteiger partial charge in [-0.3, -0.25) is 4.99 Å². The van der Waals surface area contributed by atoms with Crippen LogP contribution in [-0.2, 0) is 14.6 Å². The van der Waals surface area contributed by atoms with Gasteiger partial charge in [-0.15, -0.1) is 24.0 Å². The molecule has 0 saturated heterocycles. The maximum absolute atomic E-state index is 12.1. The average molecular weight is 455 g/mol. The molecule has 0 aliphatic rings. The zero-order chi connectivity index (χ0) is 16.3. The van der Waals surface area contributed by atoms with Crippen LogP contribution in [0, 0.1) is 0 Å². The fourth-order valence-corrected chi connectivity index (χ4v) is 3.15. The van der Waals surface area contributed by atoms with Crippen LogP contribution in [-0.4, -0.2) is 53.5 Å². The smallest absolute Gasteiger partial charge is 0.191 e. The number of guanidine groups is 1. The van der Waals surface area contributed by atoms with Crippen molar-refractivity contribution in [3.05, 3.63) is 30.3 Å². The first kappa shape index (κ1) is 22.1. The molecule has 2 N–H and O–H groups in total. The van der Waals surface area contributed by atoms with Crippen LogP contribution in [0.15, 0.2) is 40.2 Å². The van der Waals surface area contributed by atoms with Gasteiger partial charge in [0.25, 0.3) is 0 Å². The Labute approximate surface area is 156 Å². The second-order valence-electron chi connectivity index (χ2n) is 4.61. The number of ether oxygens (including phenoxy) is 1. The molecule has 0 saturated carbocycles. The average Bonchev–Trinajstić information content (AvgIpc) is 2.54. The number of nitrogens with one attached hydrogen (secondary N) is 2. The van der Waals surface area contributed by atoms with E-state index in [0.29, 0.717) is 43.6 Å². The fourth-order valence-electron chi connectivity index (χ4n) is 1.82. The lowest BCUT2D eigenvalue weighted by atomic mass is 10.4. The summed E-state index contributed by atoms with van der Waals surface area (Å²) in [5.74, 6) is 0.761. The van der Waals surface area contributed by atoms with Gasteiger partial charge in [0.2, 0.25) is 0 Å². The molecule has 0 radical (unpaired) electrons. The van der Waals surface area contributed by atoms with E-state index in [9.17, 15) is 8.42 Å². The first-order valence-electron chi connectivity index (χ1n) is 7.40. The van der Waals surface area contributed by atoms with Crippen molar-refractivity contribution >= 4 is 39.8 Å². The summed E-state index contributed by atoms with van der Waals surface area (Å²) in [7, 11) is -1.53. The van der Waals surface area contributed by atoms with Crippen LogP contribution in [0.3, 0.4) is 0 Å². The Balaban J connectivity index is 0.00000484. The van der Waals surface area contributed by atoms with Crippen LogP contribution in [0.5, 0.6) is 0 Å². The Morgan fingerprint density at radius 3 is 2.43 bits per heavy atom. The molecule has 0 aliphatic carbocycles. The summed E-state index contributed by atoms with van der Waals surface area (Å²) < 4.78 is 29.4.